The zero-order valence-corrected chi connectivity index (χ0v) is 21.0. The van der Waals surface area contributed by atoms with Crippen molar-refractivity contribution in [3.63, 3.8) is 0 Å². The fraction of sp³-hybridized carbons (Fsp3) is 0.238. The molecule has 1 aliphatic heterocycles. The summed E-state index contributed by atoms with van der Waals surface area (Å²) < 4.78 is 12.7. The third-order valence-electron chi connectivity index (χ3n) is 4.46. The van der Waals surface area contributed by atoms with Gasteiger partial charge < -0.3 is 14.4 Å². The number of thiocarbonyl (C=S) groups is 1. The summed E-state index contributed by atoms with van der Waals surface area (Å²) in [5.74, 6) is 1.08. The molecule has 0 N–H and O–H groups in total. The number of benzene rings is 2. The lowest BCUT2D eigenvalue weighted by molar-refractivity contribution is -0.121. The Morgan fingerprint density at radius 2 is 1.83 bits per heavy atom. The van der Waals surface area contributed by atoms with Crippen molar-refractivity contribution in [2.45, 2.75) is 13.5 Å². The van der Waals surface area contributed by atoms with Crippen LogP contribution >= 0.6 is 58.0 Å². The zero-order chi connectivity index (χ0) is 22.0. The van der Waals surface area contributed by atoms with E-state index in [0.29, 0.717) is 45.6 Å². The lowest BCUT2D eigenvalue weighted by Crippen LogP contribution is -2.26. The lowest BCUT2D eigenvalue weighted by Gasteiger charge is -2.16. The Balaban J connectivity index is 1.90. The van der Waals surface area contributed by atoms with Gasteiger partial charge in [0.2, 0.25) is 0 Å². The van der Waals surface area contributed by atoms with Crippen LogP contribution in [-0.2, 0) is 11.4 Å². The Bertz CT molecular complexity index is 1050. The number of carbonyl (C=O) groups is 1. The molecule has 0 unspecified atom stereocenters. The van der Waals surface area contributed by atoms with Gasteiger partial charge in [-0.1, -0.05) is 29.3 Å². The quantitative estimate of drug-likeness (QED) is 0.254. The third-order valence-corrected chi connectivity index (χ3v) is 6.55. The molecule has 0 radical (unpaired) electrons. The molecule has 158 valence electrons. The Kier molecular flexibility index (Phi) is 7.49. The van der Waals surface area contributed by atoms with Crippen LogP contribution in [0.25, 0.3) is 6.08 Å². The fourth-order valence-corrected chi connectivity index (χ4v) is 4.19. The first-order valence-corrected chi connectivity index (χ1v) is 11.3. The summed E-state index contributed by atoms with van der Waals surface area (Å²) >= 11 is 19.5. The van der Waals surface area contributed by atoms with Crippen molar-refractivity contribution < 1.29 is 14.3 Å². The highest BCUT2D eigenvalue weighted by molar-refractivity contribution is 14.1. The van der Waals surface area contributed by atoms with Crippen molar-refractivity contribution in [1.29, 1.82) is 0 Å². The number of hydrogen-bond donors (Lipinski definition) is 0. The van der Waals surface area contributed by atoms with Gasteiger partial charge >= 0.3 is 0 Å². The number of rotatable bonds is 6. The van der Waals surface area contributed by atoms with Crippen molar-refractivity contribution in [1.82, 2.24) is 9.80 Å². The van der Waals surface area contributed by atoms with Crippen molar-refractivity contribution in [2.24, 2.45) is 0 Å². The number of ether oxygens (including phenoxy) is 2. The summed E-state index contributed by atoms with van der Waals surface area (Å²) in [4.78, 5) is 15.6. The number of halogens is 3. The first-order chi connectivity index (χ1) is 14.2. The molecule has 0 spiro atoms. The highest BCUT2D eigenvalue weighted by Gasteiger charge is 2.32. The predicted octanol–water partition coefficient (Wildman–Crippen LogP) is 5.61. The van der Waals surface area contributed by atoms with E-state index in [0.717, 1.165) is 14.7 Å². The average Bonchev–Trinajstić information content (AvgIpc) is 2.88. The molecule has 0 aliphatic carbocycles. The van der Waals surface area contributed by atoms with E-state index >= 15 is 0 Å². The van der Waals surface area contributed by atoms with Crippen molar-refractivity contribution in [2.75, 3.05) is 20.7 Å². The molecule has 2 aromatic carbocycles. The molecular formula is C21H19Cl2IN2O3S. The average molecular weight is 577 g/mol. The minimum atomic E-state index is -0.143. The summed E-state index contributed by atoms with van der Waals surface area (Å²) in [6.45, 7) is 2.70. The molecule has 1 saturated heterocycles. The maximum absolute atomic E-state index is 12.5. The van der Waals surface area contributed by atoms with Crippen molar-refractivity contribution in [3.05, 3.63) is 60.8 Å². The van der Waals surface area contributed by atoms with E-state index < -0.39 is 0 Å². The topological polar surface area (TPSA) is 42.0 Å². The van der Waals surface area contributed by atoms with Gasteiger partial charge in [-0.05, 0) is 83.2 Å². The Morgan fingerprint density at radius 1 is 1.10 bits per heavy atom. The van der Waals surface area contributed by atoms with E-state index in [2.05, 4.69) is 22.6 Å². The van der Waals surface area contributed by atoms with E-state index in [4.69, 9.17) is 44.9 Å². The highest BCUT2D eigenvalue weighted by atomic mass is 127. The van der Waals surface area contributed by atoms with Crippen molar-refractivity contribution in [3.8, 4) is 11.5 Å². The molecule has 1 fully saturated rings. The Labute approximate surface area is 204 Å². The fourth-order valence-electron chi connectivity index (χ4n) is 2.91. The molecule has 5 nitrogen and oxygen atoms in total. The van der Waals surface area contributed by atoms with Gasteiger partial charge in [-0.2, -0.15) is 0 Å². The second-order valence-corrected chi connectivity index (χ2v) is 8.88. The smallest absolute Gasteiger partial charge is 0.276 e. The van der Waals surface area contributed by atoms with Gasteiger partial charge in [-0.25, -0.2) is 0 Å². The van der Waals surface area contributed by atoms with Crippen LogP contribution in [0.15, 0.2) is 36.0 Å². The normalized spacial score (nSPS) is 15.3. The van der Waals surface area contributed by atoms with Gasteiger partial charge in [0.1, 0.15) is 12.3 Å². The predicted molar refractivity (Wildman–Crippen MR) is 132 cm³/mol. The summed E-state index contributed by atoms with van der Waals surface area (Å²) in [6.07, 6.45) is 1.80. The summed E-state index contributed by atoms with van der Waals surface area (Å²) in [5, 5.41) is 1.44. The van der Waals surface area contributed by atoms with Crippen LogP contribution < -0.4 is 9.47 Å². The third kappa shape index (κ3) is 4.85. The first kappa shape index (κ1) is 23.1. The minimum Gasteiger partial charge on any atom is -0.490 e. The van der Waals surface area contributed by atoms with E-state index in [1.165, 1.54) is 4.90 Å². The van der Waals surface area contributed by atoms with E-state index in [9.17, 15) is 4.79 Å². The van der Waals surface area contributed by atoms with Gasteiger partial charge in [0, 0.05) is 14.1 Å². The lowest BCUT2D eigenvalue weighted by atomic mass is 10.1. The van der Waals surface area contributed by atoms with Gasteiger partial charge in [-0.3, -0.25) is 9.69 Å². The van der Waals surface area contributed by atoms with Crippen LogP contribution in [0.4, 0.5) is 0 Å². The molecule has 1 heterocycles. The standard InChI is InChI=1S/C21H19Cl2IN2O3S/c1-4-28-18-10-13(9-17-20(27)26(3)21(30)25(17)2)8-16(24)19(18)29-11-12-5-6-14(22)15(23)7-12/h5-10H,4,11H2,1-3H3/b17-9-. The van der Waals surface area contributed by atoms with Gasteiger partial charge in [0.15, 0.2) is 16.6 Å². The minimum absolute atomic E-state index is 0.143. The van der Waals surface area contributed by atoms with Crippen molar-refractivity contribution >= 4 is 75.1 Å². The SMILES string of the molecule is CCOc1cc(/C=C2/C(=O)N(C)C(=S)N2C)cc(I)c1OCc1ccc(Cl)c(Cl)c1. The molecule has 1 aliphatic rings. The maximum Gasteiger partial charge on any atom is 0.276 e. The van der Waals surface area contributed by atoms with E-state index in [1.54, 1.807) is 37.2 Å². The number of amides is 1. The first-order valence-electron chi connectivity index (χ1n) is 9.03. The van der Waals surface area contributed by atoms with Crippen LogP contribution in [0.3, 0.4) is 0 Å². The van der Waals surface area contributed by atoms with E-state index in [1.807, 2.05) is 25.1 Å². The number of nitrogens with zero attached hydrogens (tertiary/aromatic N) is 2. The van der Waals surface area contributed by atoms with Gasteiger partial charge in [-0.15, -0.1) is 0 Å². The van der Waals surface area contributed by atoms with Crippen LogP contribution in [0, 0.1) is 3.57 Å². The molecule has 0 saturated carbocycles. The number of likely N-dealkylation sites (N-methyl/N-ethyl adjacent to an activating group) is 2. The summed E-state index contributed by atoms with van der Waals surface area (Å²) in [6, 6.07) is 9.16. The van der Waals surface area contributed by atoms with Crippen LogP contribution in [0.2, 0.25) is 10.0 Å². The number of hydrogen-bond acceptors (Lipinski definition) is 4. The largest absolute Gasteiger partial charge is 0.490 e. The van der Waals surface area contributed by atoms with Crippen LogP contribution in [-0.4, -0.2) is 41.5 Å². The van der Waals surface area contributed by atoms with E-state index in [-0.39, 0.29) is 5.91 Å². The van der Waals surface area contributed by atoms with Crippen LogP contribution in [0.5, 0.6) is 11.5 Å². The second kappa shape index (κ2) is 9.72. The van der Waals surface area contributed by atoms with Gasteiger partial charge in [0.25, 0.3) is 5.91 Å². The molecule has 2 aromatic rings. The monoisotopic (exact) mass is 576 g/mol. The summed E-state index contributed by atoms with van der Waals surface area (Å²) in [7, 11) is 3.44. The molecule has 0 bridgehead atoms. The molecule has 30 heavy (non-hydrogen) atoms. The summed E-state index contributed by atoms with van der Waals surface area (Å²) in [5.41, 5.74) is 2.21. The number of carbonyl (C=O) groups excluding carboxylic acids is 1. The molecule has 0 aromatic heterocycles. The highest BCUT2D eigenvalue weighted by Crippen LogP contribution is 2.36. The molecule has 9 heteroatoms. The Morgan fingerprint density at radius 3 is 2.43 bits per heavy atom. The van der Waals surface area contributed by atoms with Gasteiger partial charge in [0.05, 0.1) is 20.2 Å². The zero-order valence-electron chi connectivity index (χ0n) is 16.5. The molecule has 0 atom stereocenters. The maximum atomic E-state index is 12.5. The molecule has 1 amide bonds. The Hall–Kier alpha value is -1.55. The molecular weight excluding hydrogens is 558 g/mol. The second-order valence-electron chi connectivity index (χ2n) is 6.54. The van der Waals surface area contributed by atoms with Crippen LogP contribution in [0.1, 0.15) is 18.1 Å². The molecule has 3 rings (SSSR count).